The van der Waals surface area contributed by atoms with Crippen molar-refractivity contribution in [1.82, 2.24) is 0 Å². The Balaban J connectivity index is 0.000000140. The van der Waals surface area contributed by atoms with Gasteiger partial charge in [-0.15, -0.1) is 0 Å². The highest BCUT2D eigenvalue weighted by Crippen LogP contribution is 2.07. The number of rotatable bonds is 3. The molecule has 2 aromatic carbocycles. The zero-order chi connectivity index (χ0) is 21.9. The first kappa shape index (κ1) is 22.2. The molecule has 0 spiro atoms. The van der Waals surface area contributed by atoms with Gasteiger partial charge in [-0.3, -0.25) is 15.0 Å². The molecule has 0 aliphatic carbocycles. The van der Waals surface area contributed by atoms with Crippen molar-refractivity contribution in [2.75, 3.05) is 19.6 Å². The normalized spacial score (nSPS) is 16.2. The maximum absolute atomic E-state index is 4.35. The third-order valence-electron chi connectivity index (χ3n) is 4.48. The fourth-order valence-electron chi connectivity index (χ4n) is 2.91. The first-order valence-electron chi connectivity index (χ1n) is 10.4. The van der Waals surface area contributed by atoms with Crippen molar-refractivity contribution in [2.24, 2.45) is 30.0 Å². The molecule has 0 radical (unpaired) electrons. The molecule has 2 aromatic rings. The number of hydrogen-bond donors (Lipinski definition) is 0. The molecule has 3 aliphatic rings. The Hall–Kier alpha value is -3.54. The van der Waals surface area contributed by atoms with Gasteiger partial charge >= 0.3 is 0 Å². The summed E-state index contributed by atoms with van der Waals surface area (Å²) in [4.78, 5) is 25.0. The summed E-state index contributed by atoms with van der Waals surface area (Å²) in [5.41, 5.74) is 5.70. The quantitative estimate of drug-likeness (QED) is 0.712. The summed E-state index contributed by atoms with van der Waals surface area (Å²) in [5, 5.41) is 0. The van der Waals surface area contributed by atoms with Crippen LogP contribution in [0.3, 0.4) is 0 Å². The van der Waals surface area contributed by atoms with Crippen LogP contribution >= 0.6 is 0 Å². The van der Waals surface area contributed by atoms with E-state index in [-0.39, 0.29) is 0 Å². The van der Waals surface area contributed by atoms with Crippen LogP contribution in [0.1, 0.15) is 31.9 Å². The molecule has 0 fully saturated rings. The SMILES string of the molecule is CC1=NC(Cc2ccccc2)=NC1.CC1=NC(c2ccccc2)=NC1.CC1=NC=NC1. The lowest BCUT2D eigenvalue weighted by atomic mass is 10.1. The van der Waals surface area contributed by atoms with Crippen LogP contribution in [0.15, 0.2) is 90.6 Å². The second-order valence-corrected chi connectivity index (χ2v) is 7.42. The zero-order valence-corrected chi connectivity index (χ0v) is 18.4. The molecule has 0 aromatic heterocycles. The molecule has 6 nitrogen and oxygen atoms in total. The van der Waals surface area contributed by atoms with E-state index in [0.29, 0.717) is 0 Å². The molecule has 158 valence electrons. The van der Waals surface area contributed by atoms with Gasteiger partial charge in [0.15, 0.2) is 5.84 Å². The Bertz CT molecular complexity index is 1040. The first-order chi connectivity index (χ1) is 15.1. The monoisotopic (exact) mass is 412 g/mol. The highest BCUT2D eigenvalue weighted by atomic mass is 15.0. The van der Waals surface area contributed by atoms with Crippen molar-refractivity contribution in [2.45, 2.75) is 27.2 Å². The summed E-state index contributed by atoms with van der Waals surface area (Å²) in [6, 6.07) is 20.4. The Morgan fingerprint density at radius 3 is 1.81 bits per heavy atom. The predicted molar refractivity (Wildman–Crippen MR) is 133 cm³/mol. The molecule has 5 rings (SSSR count). The van der Waals surface area contributed by atoms with E-state index in [9.17, 15) is 0 Å². The Labute approximate surface area is 184 Å². The smallest absolute Gasteiger partial charge is 0.154 e. The highest BCUT2D eigenvalue weighted by Gasteiger charge is 2.07. The highest BCUT2D eigenvalue weighted by molar-refractivity contribution is 6.10. The molecule has 3 aliphatic heterocycles. The standard InChI is InChI=1S/C11H12N2.C10H10N2.C4H6N2/c1-9-8-12-11(13-9)7-10-5-3-2-4-6-10;1-8-7-11-10(12-8)9-5-3-2-4-6-9;1-4-2-5-3-6-4/h2-6H,7-8H2,1H3;2-6H,7H2,1H3;3H,2H2,1H3. The van der Waals surface area contributed by atoms with Gasteiger partial charge < -0.3 is 0 Å². The second kappa shape index (κ2) is 11.6. The number of nitrogens with zero attached hydrogens (tertiary/aromatic N) is 6. The first-order valence-corrected chi connectivity index (χ1v) is 10.4. The lowest BCUT2D eigenvalue weighted by molar-refractivity contribution is 1.25. The zero-order valence-electron chi connectivity index (χ0n) is 18.4. The molecule has 31 heavy (non-hydrogen) atoms. The summed E-state index contributed by atoms with van der Waals surface area (Å²) in [7, 11) is 0. The lowest BCUT2D eigenvalue weighted by Crippen LogP contribution is -1.96. The number of benzene rings is 2. The summed E-state index contributed by atoms with van der Waals surface area (Å²) in [5.74, 6) is 1.83. The molecule has 0 amide bonds. The van der Waals surface area contributed by atoms with Crippen LogP contribution in [0.5, 0.6) is 0 Å². The topological polar surface area (TPSA) is 74.2 Å². The third kappa shape index (κ3) is 7.66. The van der Waals surface area contributed by atoms with Gasteiger partial charge in [0.25, 0.3) is 0 Å². The van der Waals surface area contributed by atoms with Gasteiger partial charge in [-0.2, -0.15) is 0 Å². The van der Waals surface area contributed by atoms with Crippen molar-refractivity contribution in [1.29, 1.82) is 0 Å². The van der Waals surface area contributed by atoms with Gasteiger partial charge in [0.05, 0.1) is 19.6 Å². The van der Waals surface area contributed by atoms with Crippen molar-refractivity contribution in [3.05, 3.63) is 71.8 Å². The molecule has 0 saturated heterocycles. The fraction of sp³-hybridized carbons (Fsp3) is 0.280. The Kier molecular flexibility index (Phi) is 8.29. The van der Waals surface area contributed by atoms with E-state index < -0.39 is 0 Å². The molecule has 0 N–H and O–H groups in total. The average molecular weight is 413 g/mol. The minimum absolute atomic E-state index is 0.754. The van der Waals surface area contributed by atoms with Gasteiger partial charge in [0.2, 0.25) is 0 Å². The maximum Gasteiger partial charge on any atom is 0.154 e. The van der Waals surface area contributed by atoms with Crippen LogP contribution in [0.25, 0.3) is 0 Å². The summed E-state index contributed by atoms with van der Waals surface area (Å²) in [6.07, 6.45) is 2.45. The number of amidine groups is 2. The van der Waals surface area contributed by atoms with Crippen LogP contribution in [-0.2, 0) is 6.42 Å². The third-order valence-corrected chi connectivity index (χ3v) is 4.48. The van der Waals surface area contributed by atoms with Crippen molar-refractivity contribution in [3.63, 3.8) is 0 Å². The van der Waals surface area contributed by atoms with E-state index in [4.69, 9.17) is 0 Å². The van der Waals surface area contributed by atoms with E-state index in [1.807, 2.05) is 69.3 Å². The summed E-state index contributed by atoms with van der Waals surface area (Å²) in [6.45, 7) is 8.32. The molecule has 3 heterocycles. The van der Waals surface area contributed by atoms with E-state index in [1.54, 1.807) is 6.34 Å². The van der Waals surface area contributed by atoms with Gasteiger partial charge in [0, 0.05) is 29.1 Å². The van der Waals surface area contributed by atoms with Crippen LogP contribution in [-0.4, -0.2) is 54.8 Å². The molecule has 0 atom stereocenters. The van der Waals surface area contributed by atoms with Gasteiger partial charge in [0.1, 0.15) is 12.2 Å². The van der Waals surface area contributed by atoms with E-state index in [1.165, 1.54) is 5.56 Å². The van der Waals surface area contributed by atoms with E-state index in [0.717, 1.165) is 60.4 Å². The Morgan fingerprint density at radius 1 is 0.677 bits per heavy atom. The molecular weight excluding hydrogens is 384 g/mol. The summed E-state index contributed by atoms with van der Waals surface area (Å²) < 4.78 is 0. The van der Waals surface area contributed by atoms with Crippen molar-refractivity contribution in [3.8, 4) is 0 Å². The van der Waals surface area contributed by atoms with Crippen LogP contribution in [0.4, 0.5) is 0 Å². The molecule has 0 saturated carbocycles. The molecule has 0 unspecified atom stereocenters. The molecule has 0 bridgehead atoms. The minimum Gasteiger partial charge on any atom is -0.267 e. The fourth-order valence-corrected chi connectivity index (χ4v) is 2.91. The largest absolute Gasteiger partial charge is 0.267 e. The molecule has 6 heteroatoms. The molecular formula is C25H28N6. The number of hydrogen-bond acceptors (Lipinski definition) is 6. The van der Waals surface area contributed by atoms with E-state index in [2.05, 4.69) is 42.1 Å². The van der Waals surface area contributed by atoms with E-state index >= 15 is 0 Å². The van der Waals surface area contributed by atoms with Gasteiger partial charge in [-0.1, -0.05) is 60.7 Å². The Morgan fingerprint density at radius 2 is 1.32 bits per heavy atom. The van der Waals surface area contributed by atoms with Crippen molar-refractivity contribution < 1.29 is 0 Å². The number of aliphatic imine (C=N–C) groups is 6. The summed E-state index contributed by atoms with van der Waals surface area (Å²) >= 11 is 0. The van der Waals surface area contributed by atoms with Crippen LogP contribution in [0, 0.1) is 0 Å². The average Bonchev–Trinajstić information content (AvgIpc) is 3.54. The maximum atomic E-state index is 4.35. The van der Waals surface area contributed by atoms with Gasteiger partial charge in [-0.05, 0) is 26.3 Å². The predicted octanol–water partition coefficient (Wildman–Crippen LogP) is 4.50. The second-order valence-electron chi connectivity index (χ2n) is 7.42. The van der Waals surface area contributed by atoms with Gasteiger partial charge in [-0.25, -0.2) is 15.0 Å². The lowest BCUT2D eigenvalue weighted by Gasteiger charge is -1.96. The van der Waals surface area contributed by atoms with Crippen LogP contribution < -0.4 is 0 Å². The van der Waals surface area contributed by atoms with Crippen molar-refractivity contribution >= 4 is 35.1 Å². The van der Waals surface area contributed by atoms with Crippen LogP contribution in [0.2, 0.25) is 0 Å². The minimum atomic E-state index is 0.754.